The molecule has 0 aliphatic heterocycles. The van der Waals surface area contributed by atoms with Gasteiger partial charge in [-0.3, -0.25) is 4.79 Å². The highest BCUT2D eigenvalue weighted by Crippen LogP contribution is 2.16. The fourth-order valence-corrected chi connectivity index (χ4v) is 2.37. The number of hydrogen-bond acceptors (Lipinski definition) is 5. The summed E-state index contributed by atoms with van der Waals surface area (Å²) in [5.74, 6) is -1.55. The number of hydrazone groups is 1. The zero-order chi connectivity index (χ0) is 19.2. The summed E-state index contributed by atoms with van der Waals surface area (Å²) >= 11 is 3.11. The average molecular weight is 431 g/mol. The Morgan fingerprint density at radius 3 is 2.48 bits per heavy atom. The molecule has 1 N–H and O–H groups in total. The maximum atomic E-state index is 13.6. The van der Waals surface area contributed by atoms with Crippen LogP contribution in [0.1, 0.15) is 26.5 Å². The smallest absolute Gasteiger partial charge is 0.346 e. The van der Waals surface area contributed by atoms with Crippen LogP contribution in [0.2, 0.25) is 0 Å². The van der Waals surface area contributed by atoms with Crippen molar-refractivity contribution in [3.63, 3.8) is 0 Å². The van der Waals surface area contributed by atoms with Crippen LogP contribution < -0.4 is 10.2 Å². The second-order valence-corrected chi connectivity index (χ2v) is 6.02. The van der Waals surface area contributed by atoms with Crippen LogP contribution in [0.5, 0.6) is 5.75 Å². The predicted octanol–water partition coefficient (Wildman–Crippen LogP) is 4.16. The van der Waals surface area contributed by atoms with E-state index in [-0.39, 0.29) is 17.1 Å². The number of hydrogen-bond donors (Lipinski definition) is 1. The third-order valence-electron chi connectivity index (χ3n) is 3.36. The lowest BCUT2D eigenvalue weighted by Crippen LogP contribution is -2.16. The van der Waals surface area contributed by atoms with Gasteiger partial charge in [0.15, 0.2) is 10.4 Å². The summed E-state index contributed by atoms with van der Waals surface area (Å²) in [6.45, 7) is 0. The third-order valence-corrected chi connectivity index (χ3v) is 3.79. The molecule has 1 heterocycles. The normalized spacial score (nSPS) is 10.7. The summed E-state index contributed by atoms with van der Waals surface area (Å²) in [5.41, 5.74) is 2.84. The van der Waals surface area contributed by atoms with Crippen LogP contribution >= 0.6 is 15.9 Å². The van der Waals surface area contributed by atoms with E-state index in [0.717, 1.165) is 0 Å². The summed E-state index contributed by atoms with van der Waals surface area (Å²) in [6.07, 6.45) is 1.42. The summed E-state index contributed by atoms with van der Waals surface area (Å²) in [4.78, 5) is 23.7. The van der Waals surface area contributed by atoms with Gasteiger partial charge >= 0.3 is 11.9 Å². The van der Waals surface area contributed by atoms with E-state index in [2.05, 4.69) is 26.5 Å². The first kappa shape index (κ1) is 18.5. The highest BCUT2D eigenvalue weighted by Gasteiger charge is 2.13. The molecule has 0 fully saturated rings. The Balaban J connectivity index is 1.58. The monoisotopic (exact) mass is 430 g/mol. The number of ether oxygens (including phenoxy) is 1. The van der Waals surface area contributed by atoms with Crippen molar-refractivity contribution in [3.05, 3.63) is 88.0 Å². The van der Waals surface area contributed by atoms with Crippen molar-refractivity contribution >= 4 is 34.0 Å². The van der Waals surface area contributed by atoms with Gasteiger partial charge in [-0.2, -0.15) is 5.10 Å². The topological polar surface area (TPSA) is 80.9 Å². The molecule has 0 aliphatic carbocycles. The summed E-state index contributed by atoms with van der Waals surface area (Å²) in [7, 11) is 0. The number of carbonyl (C=O) groups is 2. The SMILES string of the molecule is O=C(N/N=C\c1ccc(OC(=O)c2ccccc2F)cc1)c1ccc(Br)o1. The van der Waals surface area contributed by atoms with E-state index in [1.165, 1.54) is 42.6 Å². The lowest BCUT2D eigenvalue weighted by molar-refractivity contribution is 0.0729. The molecule has 6 nitrogen and oxygen atoms in total. The van der Waals surface area contributed by atoms with E-state index in [9.17, 15) is 14.0 Å². The fraction of sp³-hybridized carbons (Fsp3) is 0. The van der Waals surface area contributed by atoms with Crippen molar-refractivity contribution in [1.29, 1.82) is 0 Å². The number of rotatable bonds is 5. The molecule has 0 aliphatic rings. The summed E-state index contributed by atoms with van der Waals surface area (Å²) < 4.78 is 24.2. The van der Waals surface area contributed by atoms with Gasteiger partial charge in [0.25, 0.3) is 0 Å². The van der Waals surface area contributed by atoms with Crippen LogP contribution in [-0.4, -0.2) is 18.1 Å². The second kappa shape index (κ2) is 8.41. The Morgan fingerprint density at radius 1 is 1.07 bits per heavy atom. The summed E-state index contributed by atoms with van der Waals surface area (Å²) in [5, 5.41) is 3.82. The first-order chi connectivity index (χ1) is 13.0. The van der Waals surface area contributed by atoms with Crippen LogP contribution in [0.15, 0.2) is 74.9 Å². The van der Waals surface area contributed by atoms with Gasteiger partial charge in [-0.05, 0) is 70.0 Å². The van der Waals surface area contributed by atoms with Gasteiger partial charge in [0.05, 0.1) is 11.8 Å². The third kappa shape index (κ3) is 4.89. The number of furan rings is 1. The standard InChI is InChI=1S/C19H12BrFN2O4/c20-17-10-9-16(27-17)18(24)23-22-11-12-5-7-13(8-6-12)26-19(25)14-3-1-2-4-15(14)21/h1-11H,(H,23,24)/b22-11-. The second-order valence-electron chi connectivity index (χ2n) is 5.24. The maximum Gasteiger partial charge on any atom is 0.346 e. The van der Waals surface area contributed by atoms with Crippen molar-refractivity contribution in [2.45, 2.75) is 0 Å². The first-order valence-corrected chi connectivity index (χ1v) is 8.48. The zero-order valence-corrected chi connectivity index (χ0v) is 15.3. The van der Waals surface area contributed by atoms with Crippen molar-refractivity contribution in [2.24, 2.45) is 5.10 Å². The minimum absolute atomic E-state index is 0.120. The molecule has 0 saturated carbocycles. The molecule has 136 valence electrons. The van der Waals surface area contributed by atoms with Crippen LogP contribution in [0.25, 0.3) is 0 Å². The van der Waals surface area contributed by atoms with Gasteiger partial charge in [0, 0.05) is 0 Å². The largest absolute Gasteiger partial charge is 0.444 e. The molecular formula is C19H12BrFN2O4. The molecular weight excluding hydrogens is 419 g/mol. The molecule has 0 bridgehead atoms. The molecule has 1 aromatic heterocycles. The maximum absolute atomic E-state index is 13.6. The Morgan fingerprint density at radius 2 is 1.81 bits per heavy atom. The van der Waals surface area contributed by atoms with Gasteiger partial charge < -0.3 is 9.15 Å². The Kier molecular flexibility index (Phi) is 5.77. The lowest BCUT2D eigenvalue weighted by atomic mass is 10.2. The summed E-state index contributed by atoms with van der Waals surface area (Å²) in [6, 6.07) is 15.0. The van der Waals surface area contributed by atoms with E-state index in [0.29, 0.717) is 10.2 Å². The van der Waals surface area contributed by atoms with Crippen molar-refractivity contribution in [1.82, 2.24) is 5.43 Å². The van der Waals surface area contributed by atoms with Crippen molar-refractivity contribution in [2.75, 3.05) is 0 Å². The number of nitrogens with one attached hydrogen (secondary N) is 1. The van der Waals surface area contributed by atoms with Gasteiger partial charge in [-0.25, -0.2) is 14.6 Å². The number of benzene rings is 2. The van der Waals surface area contributed by atoms with Crippen molar-refractivity contribution < 1.29 is 23.1 Å². The van der Waals surface area contributed by atoms with Gasteiger partial charge in [-0.1, -0.05) is 12.1 Å². The van der Waals surface area contributed by atoms with E-state index < -0.39 is 17.7 Å². The molecule has 27 heavy (non-hydrogen) atoms. The first-order valence-electron chi connectivity index (χ1n) is 7.68. The van der Waals surface area contributed by atoms with E-state index in [1.54, 1.807) is 24.3 Å². The Bertz CT molecular complexity index is 999. The van der Waals surface area contributed by atoms with Crippen molar-refractivity contribution in [3.8, 4) is 5.75 Å². The van der Waals surface area contributed by atoms with Gasteiger partial charge in [0.2, 0.25) is 0 Å². The zero-order valence-electron chi connectivity index (χ0n) is 13.7. The van der Waals surface area contributed by atoms with Crippen LogP contribution in [0.4, 0.5) is 4.39 Å². The number of nitrogens with zero attached hydrogens (tertiary/aromatic N) is 1. The molecule has 0 spiro atoms. The molecule has 3 aromatic rings. The molecule has 2 aromatic carbocycles. The van der Waals surface area contributed by atoms with E-state index in [4.69, 9.17) is 9.15 Å². The highest BCUT2D eigenvalue weighted by molar-refractivity contribution is 9.10. The Hall–Kier alpha value is -3.26. The fourth-order valence-electron chi connectivity index (χ4n) is 2.07. The van der Waals surface area contributed by atoms with Crippen LogP contribution in [0.3, 0.4) is 0 Å². The van der Waals surface area contributed by atoms with Gasteiger partial charge in [-0.15, -0.1) is 0 Å². The van der Waals surface area contributed by atoms with Crippen LogP contribution in [-0.2, 0) is 0 Å². The van der Waals surface area contributed by atoms with E-state index >= 15 is 0 Å². The number of carbonyl (C=O) groups excluding carboxylic acids is 2. The minimum atomic E-state index is -0.786. The quantitative estimate of drug-likeness (QED) is 0.285. The number of amides is 1. The minimum Gasteiger partial charge on any atom is -0.444 e. The predicted molar refractivity (Wildman–Crippen MR) is 99.3 cm³/mol. The molecule has 1 amide bonds. The molecule has 8 heteroatoms. The van der Waals surface area contributed by atoms with Gasteiger partial charge in [0.1, 0.15) is 11.6 Å². The molecule has 0 unspecified atom stereocenters. The molecule has 0 atom stereocenters. The number of esters is 1. The highest BCUT2D eigenvalue weighted by atomic mass is 79.9. The Labute approximate surface area is 161 Å². The molecule has 0 saturated heterocycles. The molecule has 3 rings (SSSR count). The van der Waals surface area contributed by atoms with E-state index in [1.807, 2.05) is 0 Å². The molecule has 0 radical (unpaired) electrons. The lowest BCUT2D eigenvalue weighted by Gasteiger charge is -2.05. The number of halogens is 2. The average Bonchev–Trinajstić information content (AvgIpc) is 3.10. The van der Waals surface area contributed by atoms with Crippen LogP contribution in [0, 0.1) is 5.82 Å².